The number of alkyl halides is 2. The second-order valence-electron chi connectivity index (χ2n) is 3.02. The molecule has 5 heteroatoms. The Bertz CT molecular complexity index is 388. The summed E-state index contributed by atoms with van der Waals surface area (Å²) in [6.45, 7) is -0.516. The molecule has 0 atom stereocenters. The van der Waals surface area contributed by atoms with E-state index in [0.29, 0.717) is 0 Å². The summed E-state index contributed by atoms with van der Waals surface area (Å²) in [5, 5.41) is 0. The summed E-state index contributed by atoms with van der Waals surface area (Å²) in [5.74, 6) is -1.46. The largest absolute Gasteiger partial charge is 0.434 e. The third-order valence-corrected chi connectivity index (χ3v) is 1.92. The van der Waals surface area contributed by atoms with Gasteiger partial charge in [0.05, 0.1) is 0 Å². The summed E-state index contributed by atoms with van der Waals surface area (Å²) in [4.78, 5) is 10.9. The van der Waals surface area contributed by atoms with Crippen LogP contribution in [-0.2, 0) is 0 Å². The van der Waals surface area contributed by atoms with Crippen LogP contribution in [0.3, 0.4) is 0 Å². The number of carbonyl (C=O) groups is 1. The normalized spacial score (nSPS) is 10.5. The number of ketones is 1. The smallest absolute Gasteiger partial charge is 0.387 e. The Hall–Kier alpha value is -1.52. The van der Waals surface area contributed by atoms with Crippen molar-refractivity contribution in [1.29, 1.82) is 0 Å². The zero-order chi connectivity index (χ0) is 11.6. The summed E-state index contributed by atoms with van der Waals surface area (Å²) >= 11 is 0. The van der Waals surface area contributed by atoms with Crippen molar-refractivity contribution in [3.05, 3.63) is 29.1 Å². The van der Waals surface area contributed by atoms with Crippen molar-refractivity contribution in [3.8, 4) is 5.75 Å². The molecule has 82 valence electrons. The van der Waals surface area contributed by atoms with Crippen LogP contribution in [0.2, 0.25) is 0 Å². The highest BCUT2D eigenvalue weighted by atomic mass is 19.3. The minimum atomic E-state index is -3.04. The molecule has 2 nitrogen and oxygen atoms in total. The summed E-state index contributed by atoms with van der Waals surface area (Å²) in [7, 11) is 0. The summed E-state index contributed by atoms with van der Waals surface area (Å²) in [6.07, 6.45) is 0. The van der Waals surface area contributed by atoms with Crippen molar-refractivity contribution in [3.63, 3.8) is 0 Å². The van der Waals surface area contributed by atoms with Crippen LogP contribution in [0, 0.1) is 12.7 Å². The van der Waals surface area contributed by atoms with Crippen molar-refractivity contribution in [2.45, 2.75) is 20.5 Å². The van der Waals surface area contributed by atoms with Gasteiger partial charge in [0, 0.05) is 11.1 Å². The van der Waals surface area contributed by atoms with Gasteiger partial charge in [0.2, 0.25) is 0 Å². The number of Topliss-reactive ketones (excluding diaryl/α,β-unsaturated/α-hetero) is 1. The van der Waals surface area contributed by atoms with Crippen molar-refractivity contribution in [2.75, 3.05) is 0 Å². The molecule has 0 spiro atoms. The zero-order valence-corrected chi connectivity index (χ0v) is 8.18. The van der Waals surface area contributed by atoms with Gasteiger partial charge in [0.1, 0.15) is 11.6 Å². The topological polar surface area (TPSA) is 26.3 Å². The van der Waals surface area contributed by atoms with E-state index in [1.807, 2.05) is 0 Å². The Kier molecular flexibility index (Phi) is 3.34. The van der Waals surface area contributed by atoms with Crippen LogP contribution in [0.25, 0.3) is 0 Å². The van der Waals surface area contributed by atoms with E-state index in [1.54, 1.807) is 0 Å². The maximum absolute atomic E-state index is 13.2. The van der Waals surface area contributed by atoms with Gasteiger partial charge in [0.15, 0.2) is 5.78 Å². The SMILES string of the molecule is CC(=O)c1cc(F)c(C)c(OC(F)F)c1. The van der Waals surface area contributed by atoms with Gasteiger partial charge in [-0.15, -0.1) is 0 Å². The number of hydrogen-bond donors (Lipinski definition) is 0. The molecule has 1 aromatic carbocycles. The molecule has 0 aliphatic carbocycles. The standard InChI is InChI=1S/C10H9F3O2/c1-5-8(11)3-7(6(2)14)4-9(5)15-10(12)13/h3-4,10H,1-2H3. The van der Waals surface area contributed by atoms with Crippen LogP contribution < -0.4 is 4.74 Å². The first kappa shape index (κ1) is 11.6. The van der Waals surface area contributed by atoms with Crippen molar-refractivity contribution in [2.24, 2.45) is 0 Å². The lowest BCUT2D eigenvalue weighted by Gasteiger charge is -2.09. The molecule has 0 saturated carbocycles. The quantitative estimate of drug-likeness (QED) is 0.729. The number of benzene rings is 1. The third-order valence-electron chi connectivity index (χ3n) is 1.92. The molecule has 1 rings (SSSR count). The molecule has 15 heavy (non-hydrogen) atoms. The van der Waals surface area contributed by atoms with Gasteiger partial charge in [-0.05, 0) is 26.0 Å². The average molecular weight is 218 g/mol. The van der Waals surface area contributed by atoms with Crippen LogP contribution >= 0.6 is 0 Å². The Balaban J connectivity index is 3.19. The van der Waals surface area contributed by atoms with Gasteiger partial charge in [-0.2, -0.15) is 8.78 Å². The van der Waals surface area contributed by atoms with E-state index in [2.05, 4.69) is 4.74 Å². The molecule has 0 N–H and O–H groups in total. The van der Waals surface area contributed by atoms with Crippen molar-refractivity contribution >= 4 is 5.78 Å². The number of halogens is 3. The van der Waals surface area contributed by atoms with Crippen LogP contribution in [0.15, 0.2) is 12.1 Å². The third kappa shape index (κ3) is 2.71. The second kappa shape index (κ2) is 4.33. The molecule has 0 heterocycles. The Labute approximate surface area is 84.7 Å². The molecule has 0 aliphatic heterocycles. The minimum absolute atomic E-state index is 0.00810. The number of rotatable bonds is 3. The highest BCUT2D eigenvalue weighted by Crippen LogP contribution is 2.24. The fourth-order valence-corrected chi connectivity index (χ4v) is 1.08. The predicted octanol–water partition coefficient (Wildman–Crippen LogP) is 2.94. The van der Waals surface area contributed by atoms with E-state index in [9.17, 15) is 18.0 Å². The maximum Gasteiger partial charge on any atom is 0.387 e. The first-order valence-corrected chi connectivity index (χ1v) is 4.17. The molecule has 0 fully saturated rings. The molecule has 0 amide bonds. The van der Waals surface area contributed by atoms with E-state index in [0.717, 1.165) is 12.1 Å². The first-order chi connectivity index (χ1) is 6.91. The maximum atomic E-state index is 13.2. The van der Waals surface area contributed by atoms with Gasteiger partial charge in [-0.1, -0.05) is 0 Å². The average Bonchev–Trinajstić information content (AvgIpc) is 2.11. The Morgan fingerprint density at radius 2 is 2.00 bits per heavy atom. The van der Waals surface area contributed by atoms with E-state index in [1.165, 1.54) is 13.8 Å². The molecule has 1 aromatic rings. The molecule has 0 unspecified atom stereocenters. The zero-order valence-electron chi connectivity index (χ0n) is 8.18. The van der Waals surface area contributed by atoms with Gasteiger partial charge in [-0.3, -0.25) is 4.79 Å². The number of carbonyl (C=O) groups excluding carboxylic acids is 1. The van der Waals surface area contributed by atoms with Crippen molar-refractivity contribution in [1.82, 2.24) is 0 Å². The lowest BCUT2D eigenvalue weighted by Crippen LogP contribution is -2.06. The van der Waals surface area contributed by atoms with Gasteiger partial charge < -0.3 is 4.74 Å². The Morgan fingerprint density at radius 3 is 2.47 bits per heavy atom. The second-order valence-corrected chi connectivity index (χ2v) is 3.02. The Morgan fingerprint density at radius 1 is 1.40 bits per heavy atom. The van der Waals surface area contributed by atoms with E-state index in [4.69, 9.17) is 0 Å². The molecule has 0 saturated heterocycles. The lowest BCUT2D eigenvalue weighted by molar-refractivity contribution is -0.0505. The van der Waals surface area contributed by atoms with Crippen LogP contribution in [0.4, 0.5) is 13.2 Å². The summed E-state index contributed by atoms with van der Waals surface area (Å²) < 4.78 is 41.1. The highest BCUT2D eigenvalue weighted by Gasteiger charge is 2.13. The van der Waals surface area contributed by atoms with Crippen LogP contribution in [0.5, 0.6) is 5.75 Å². The van der Waals surface area contributed by atoms with Crippen molar-refractivity contribution < 1.29 is 22.7 Å². The van der Waals surface area contributed by atoms with Gasteiger partial charge in [0.25, 0.3) is 0 Å². The monoisotopic (exact) mass is 218 g/mol. The van der Waals surface area contributed by atoms with E-state index < -0.39 is 18.2 Å². The molecule has 0 aliphatic rings. The van der Waals surface area contributed by atoms with Crippen LogP contribution in [0.1, 0.15) is 22.8 Å². The molecular weight excluding hydrogens is 209 g/mol. The highest BCUT2D eigenvalue weighted by molar-refractivity contribution is 5.94. The summed E-state index contributed by atoms with van der Waals surface area (Å²) in [5.41, 5.74) is -0.0333. The van der Waals surface area contributed by atoms with E-state index >= 15 is 0 Å². The fourth-order valence-electron chi connectivity index (χ4n) is 1.08. The molecule has 0 bridgehead atoms. The van der Waals surface area contributed by atoms with Crippen LogP contribution in [-0.4, -0.2) is 12.4 Å². The van der Waals surface area contributed by atoms with Gasteiger partial charge >= 0.3 is 6.61 Å². The minimum Gasteiger partial charge on any atom is -0.434 e. The number of hydrogen-bond acceptors (Lipinski definition) is 2. The lowest BCUT2D eigenvalue weighted by atomic mass is 10.1. The predicted molar refractivity (Wildman–Crippen MR) is 47.8 cm³/mol. The molecular formula is C10H9F3O2. The molecule has 0 radical (unpaired) electrons. The molecule has 0 aromatic heterocycles. The summed E-state index contributed by atoms with van der Waals surface area (Å²) in [6, 6.07) is 2.10. The first-order valence-electron chi connectivity index (χ1n) is 4.17. The number of ether oxygens (including phenoxy) is 1. The fraction of sp³-hybridized carbons (Fsp3) is 0.300. The van der Waals surface area contributed by atoms with Gasteiger partial charge in [-0.25, -0.2) is 4.39 Å². The van der Waals surface area contributed by atoms with E-state index in [-0.39, 0.29) is 16.9 Å².